The van der Waals surface area contributed by atoms with Crippen molar-refractivity contribution in [2.45, 2.75) is 51.4 Å². The zero-order valence-electron chi connectivity index (χ0n) is 16.1. The summed E-state index contributed by atoms with van der Waals surface area (Å²) in [6, 6.07) is 17.2. The Morgan fingerprint density at radius 3 is 2.42 bits per heavy atom. The van der Waals surface area contributed by atoms with Crippen LogP contribution in [0.2, 0.25) is 5.02 Å². The zero-order chi connectivity index (χ0) is 18.5. The van der Waals surface area contributed by atoms with E-state index in [2.05, 4.69) is 62.3 Å². The summed E-state index contributed by atoms with van der Waals surface area (Å²) in [5.74, 6) is 0.462. The third-order valence-corrected chi connectivity index (χ3v) is 5.87. The van der Waals surface area contributed by atoms with Crippen LogP contribution in [0, 0.1) is 12.8 Å². The predicted octanol–water partition coefficient (Wildman–Crippen LogP) is 6.03. The highest BCUT2D eigenvalue weighted by Gasteiger charge is 2.35. The lowest BCUT2D eigenvalue weighted by atomic mass is 9.78. The molecule has 0 radical (unpaired) electrons. The summed E-state index contributed by atoms with van der Waals surface area (Å²) < 4.78 is 6.44. The summed E-state index contributed by atoms with van der Waals surface area (Å²) in [6.45, 7) is 2.80. The highest BCUT2D eigenvalue weighted by Crippen LogP contribution is 2.41. The molecule has 2 aromatic rings. The maximum absolute atomic E-state index is 6.55. The molecule has 0 amide bonds. The van der Waals surface area contributed by atoms with E-state index >= 15 is 0 Å². The van der Waals surface area contributed by atoms with Gasteiger partial charge >= 0.3 is 0 Å². The number of aryl methyl sites for hydroxylation is 1. The molecule has 3 atom stereocenters. The van der Waals surface area contributed by atoms with E-state index in [0.717, 1.165) is 11.4 Å². The van der Waals surface area contributed by atoms with Gasteiger partial charge in [0.25, 0.3) is 0 Å². The number of nitrogens with zero attached hydrogens (tertiary/aromatic N) is 1. The molecule has 0 aromatic heterocycles. The van der Waals surface area contributed by atoms with E-state index in [1.807, 2.05) is 12.1 Å². The molecule has 1 fully saturated rings. The van der Waals surface area contributed by atoms with Crippen molar-refractivity contribution in [3.63, 3.8) is 0 Å². The van der Waals surface area contributed by atoms with Gasteiger partial charge in [0, 0.05) is 17.0 Å². The van der Waals surface area contributed by atoms with Gasteiger partial charge in [0.15, 0.2) is 0 Å². The van der Waals surface area contributed by atoms with Crippen molar-refractivity contribution in [1.82, 2.24) is 4.90 Å². The lowest BCUT2D eigenvalue weighted by molar-refractivity contribution is -0.0464. The van der Waals surface area contributed by atoms with Crippen LogP contribution < -0.4 is 0 Å². The van der Waals surface area contributed by atoms with Crippen LogP contribution in [0.1, 0.15) is 48.4 Å². The van der Waals surface area contributed by atoms with Gasteiger partial charge in [-0.3, -0.25) is 0 Å². The van der Waals surface area contributed by atoms with Gasteiger partial charge in [-0.05, 0) is 51.1 Å². The van der Waals surface area contributed by atoms with E-state index in [1.165, 1.54) is 36.0 Å². The fourth-order valence-corrected chi connectivity index (χ4v) is 4.44. The van der Waals surface area contributed by atoms with Crippen LogP contribution in [0.4, 0.5) is 0 Å². The largest absolute Gasteiger partial charge is 0.373 e. The quantitative estimate of drug-likeness (QED) is 0.614. The molecule has 1 aliphatic rings. The van der Waals surface area contributed by atoms with Crippen molar-refractivity contribution in [2.24, 2.45) is 5.92 Å². The van der Waals surface area contributed by atoms with E-state index in [-0.39, 0.29) is 12.1 Å². The number of hydrogen-bond acceptors (Lipinski definition) is 2. The Hall–Kier alpha value is -1.35. The standard InChI is InChI=1S/C23H30ClNO/c1-17-12-14-18(15-13-17)16-26-22-11-7-5-9-20(22)23(25(2)3)19-8-4-6-10-21(19)24/h4,6,8,10,12-15,20,22-23H,5,7,9,11,16H2,1-3H3. The number of benzene rings is 2. The summed E-state index contributed by atoms with van der Waals surface area (Å²) in [4.78, 5) is 2.30. The number of halogens is 1. The molecule has 0 N–H and O–H groups in total. The van der Waals surface area contributed by atoms with E-state index in [4.69, 9.17) is 16.3 Å². The first-order valence-electron chi connectivity index (χ1n) is 9.64. The van der Waals surface area contributed by atoms with Gasteiger partial charge in [0.2, 0.25) is 0 Å². The third-order valence-electron chi connectivity index (χ3n) is 5.52. The minimum atomic E-state index is 0.272. The van der Waals surface area contributed by atoms with Crippen LogP contribution in [0.25, 0.3) is 0 Å². The van der Waals surface area contributed by atoms with Crippen LogP contribution in [-0.4, -0.2) is 25.1 Å². The Bertz CT molecular complexity index is 698. The fourth-order valence-electron chi connectivity index (χ4n) is 4.19. The number of rotatable bonds is 6. The van der Waals surface area contributed by atoms with Gasteiger partial charge in [0.1, 0.15) is 0 Å². The van der Waals surface area contributed by atoms with Crippen LogP contribution in [-0.2, 0) is 11.3 Å². The van der Waals surface area contributed by atoms with Crippen LogP contribution in [0.3, 0.4) is 0 Å². The summed E-state index contributed by atoms with van der Waals surface area (Å²) in [5.41, 5.74) is 3.75. The molecule has 3 heteroatoms. The summed E-state index contributed by atoms with van der Waals surface area (Å²) in [6.07, 6.45) is 5.10. The van der Waals surface area contributed by atoms with Crippen molar-refractivity contribution < 1.29 is 4.74 Å². The molecular formula is C23H30ClNO. The second-order valence-electron chi connectivity index (χ2n) is 7.71. The lowest BCUT2D eigenvalue weighted by Crippen LogP contribution is -2.38. The first-order chi connectivity index (χ1) is 12.6. The van der Waals surface area contributed by atoms with Gasteiger partial charge in [-0.1, -0.05) is 72.5 Å². The minimum absolute atomic E-state index is 0.272. The topological polar surface area (TPSA) is 12.5 Å². The monoisotopic (exact) mass is 371 g/mol. The van der Waals surface area contributed by atoms with Gasteiger partial charge in [-0.15, -0.1) is 0 Å². The van der Waals surface area contributed by atoms with Gasteiger partial charge < -0.3 is 9.64 Å². The Labute approximate surface area is 163 Å². The average Bonchev–Trinajstić information content (AvgIpc) is 2.64. The predicted molar refractivity (Wildman–Crippen MR) is 110 cm³/mol. The van der Waals surface area contributed by atoms with E-state index in [0.29, 0.717) is 12.5 Å². The van der Waals surface area contributed by atoms with Crippen molar-refractivity contribution in [1.29, 1.82) is 0 Å². The summed E-state index contributed by atoms with van der Waals surface area (Å²) in [7, 11) is 4.30. The Morgan fingerprint density at radius 2 is 1.73 bits per heavy atom. The minimum Gasteiger partial charge on any atom is -0.373 e. The molecule has 0 saturated heterocycles. The van der Waals surface area contributed by atoms with Crippen molar-refractivity contribution in [2.75, 3.05) is 14.1 Å². The average molecular weight is 372 g/mol. The van der Waals surface area contributed by atoms with Gasteiger partial charge in [-0.25, -0.2) is 0 Å². The summed E-state index contributed by atoms with van der Waals surface area (Å²) >= 11 is 6.55. The van der Waals surface area contributed by atoms with Crippen molar-refractivity contribution in [3.8, 4) is 0 Å². The molecule has 3 unspecified atom stereocenters. The Kier molecular flexibility index (Phi) is 6.74. The molecule has 0 spiro atoms. The fraction of sp³-hybridized carbons (Fsp3) is 0.478. The van der Waals surface area contributed by atoms with Crippen LogP contribution in [0.5, 0.6) is 0 Å². The smallest absolute Gasteiger partial charge is 0.0720 e. The first kappa shape index (κ1) is 19.4. The molecule has 0 aliphatic heterocycles. The number of ether oxygens (including phenoxy) is 1. The maximum Gasteiger partial charge on any atom is 0.0720 e. The molecule has 2 nitrogen and oxygen atoms in total. The van der Waals surface area contributed by atoms with Crippen LogP contribution in [0.15, 0.2) is 48.5 Å². The van der Waals surface area contributed by atoms with Gasteiger partial charge in [0.05, 0.1) is 12.7 Å². The van der Waals surface area contributed by atoms with E-state index in [1.54, 1.807) is 0 Å². The zero-order valence-corrected chi connectivity index (χ0v) is 16.9. The SMILES string of the molecule is Cc1ccc(COC2CCCCC2C(c2ccccc2Cl)N(C)C)cc1. The molecule has 2 aromatic carbocycles. The molecular weight excluding hydrogens is 342 g/mol. The van der Waals surface area contributed by atoms with E-state index < -0.39 is 0 Å². The molecule has 1 saturated carbocycles. The Balaban J connectivity index is 1.77. The van der Waals surface area contributed by atoms with Gasteiger partial charge in [-0.2, -0.15) is 0 Å². The first-order valence-corrected chi connectivity index (χ1v) is 10.0. The van der Waals surface area contributed by atoms with Crippen LogP contribution >= 0.6 is 11.6 Å². The van der Waals surface area contributed by atoms with E-state index in [9.17, 15) is 0 Å². The van der Waals surface area contributed by atoms with Crippen molar-refractivity contribution >= 4 is 11.6 Å². The molecule has 3 rings (SSSR count). The normalized spacial score (nSPS) is 21.7. The third kappa shape index (κ3) is 4.68. The van der Waals surface area contributed by atoms with Crippen molar-refractivity contribution in [3.05, 3.63) is 70.2 Å². The molecule has 140 valence electrons. The Morgan fingerprint density at radius 1 is 1.04 bits per heavy atom. The molecule has 26 heavy (non-hydrogen) atoms. The molecule has 1 aliphatic carbocycles. The highest BCUT2D eigenvalue weighted by molar-refractivity contribution is 6.31. The molecule has 0 bridgehead atoms. The summed E-state index contributed by atoms with van der Waals surface area (Å²) in [5, 5.41) is 0.856. The maximum atomic E-state index is 6.55. The second-order valence-corrected chi connectivity index (χ2v) is 8.12. The highest BCUT2D eigenvalue weighted by atomic mass is 35.5. The molecule has 0 heterocycles. The number of hydrogen-bond donors (Lipinski definition) is 0. The lowest BCUT2D eigenvalue weighted by Gasteiger charge is -2.40. The second kappa shape index (κ2) is 9.03.